The first-order valence-corrected chi connectivity index (χ1v) is 12.1. The van der Waals surface area contributed by atoms with E-state index in [0.29, 0.717) is 13.0 Å². The van der Waals surface area contributed by atoms with Crippen molar-refractivity contribution in [2.45, 2.75) is 26.2 Å². The molecule has 0 radical (unpaired) electrons. The van der Waals surface area contributed by atoms with Crippen molar-refractivity contribution < 1.29 is 4.79 Å². The predicted octanol–water partition coefficient (Wildman–Crippen LogP) is 4.29. The van der Waals surface area contributed by atoms with Crippen molar-refractivity contribution in [1.29, 1.82) is 0 Å². The third-order valence-electron chi connectivity index (χ3n) is 5.12. The molecule has 0 saturated carbocycles. The molecular weight excluding hydrogens is 361 g/mol. The number of carbonyl (C=O) groups excluding carboxylic acids is 1. The summed E-state index contributed by atoms with van der Waals surface area (Å²) in [7, 11) is -1.85. The van der Waals surface area contributed by atoms with Crippen molar-refractivity contribution in [3.05, 3.63) is 91.0 Å². The van der Waals surface area contributed by atoms with E-state index in [1.165, 1.54) is 15.9 Å². The molecule has 3 rings (SSSR count). The quantitative estimate of drug-likeness (QED) is 0.543. The first kappa shape index (κ1) is 20.3. The highest BCUT2D eigenvalue weighted by molar-refractivity contribution is 7.95. The third-order valence-corrected chi connectivity index (χ3v) is 9.55. The monoisotopic (exact) mass is 390 g/mol. The molecule has 28 heavy (non-hydrogen) atoms. The number of carbonyl (C=O) groups is 1. The Morgan fingerprint density at radius 2 is 1.18 bits per heavy atom. The van der Waals surface area contributed by atoms with Crippen LogP contribution in [0.2, 0.25) is 0 Å². The maximum absolute atomic E-state index is 12.2. The average Bonchev–Trinajstić information content (AvgIpc) is 2.77. The van der Waals surface area contributed by atoms with Gasteiger partial charge in [-0.1, -0.05) is 67.9 Å². The minimum Gasteiger partial charge on any atom is -0.352 e. The molecule has 2 nitrogen and oxygen atoms in total. The van der Waals surface area contributed by atoms with Crippen LogP contribution in [0.4, 0.5) is 0 Å². The average molecular weight is 390 g/mol. The van der Waals surface area contributed by atoms with Crippen molar-refractivity contribution in [2.75, 3.05) is 12.7 Å². The summed E-state index contributed by atoms with van der Waals surface area (Å²) in [6.45, 7) is 2.80. The lowest BCUT2D eigenvalue weighted by Crippen LogP contribution is -2.37. The molecule has 144 valence electrons. The van der Waals surface area contributed by atoms with Crippen LogP contribution < -0.4 is 21.2 Å². The topological polar surface area (TPSA) is 29.1 Å². The highest BCUT2D eigenvalue weighted by Crippen LogP contribution is 2.54. The van der Waals surface area contributed by atoms with Crippen LogP contribution in [0.25, 0.3) is 0 Å². The summed E-state index contributed by atoms with van der Waals surface area (Å²) in [5, 5.41) is 7.24. The van der Waals surface area contributed by atoms with E-state index in [2.05, 4.69) is 103 Å². The van der Waals surface area contributed by atoms with E-state index in [4.69, 9.17) is 0 Å². The summed E-state index contributed by atoms with van der Waals surface area (Å²) in [4.78, 5) is 12.2. The molecule has 0 aromatic heterocycles. The molecule has 0 saturated heterocycles. The summed E-state index contributed by atoms with van der Waals surface area (Å²) >= 11 is 0. The zero-order chi connectivity index (χ0) is 19.7. The lowest BCUT2D eigenvalue weighted by molar-refractivity contribution is -0.121. The van der Waals surface area contributed by atoms with E-state index >= 15 is 0 Å². The Hall–Kier alpha value is -2.44. The van der Waals surface area contributed by atoms with E-state index in [-0.39, 0.29) is 5.91 Å². The molecule has 0 heterocycles. The maximum Gasteiger partial charge on any atom is 0.220 e. The molecule has 3 heteroatoms. The predicted molar refractivity (Wildman–Crippen MR) is 123 cm³/mol. The van der Waals surface area contributed by atoms with Crippen LogP contribution in [0.5, 0.6) is 0 Å². The number of hydrogen-bond donors (Lipinski definition) is 1. The van der Waals surface area contributed by atoms with E-state index < -0.39 is 7.26 Å². The number of rotatable bonds is 9. The fraction of sp³-hybridized carbons (Fsp3) is 0.240. The number of nitrogens with one attached hydrogen (secondary N) is 1. The number of benzene rings is 3. The molecule has 0 fully saturated rings. The normalized spacial score (nSPS) is 11.2. The van der Waals surface area contributed by atoms with Crippen LogP contribution in [-0.2, 0) is 4.79 Å². The van der Waals surface area contributed by atoms with Crippen LogP contribution in [0.1, 0.15) is 26.2 Å². The highest BCUT2D eigenvalue weighted by atomic mass is 31.2. The molecule has 0 unspecified atom stereocenters. The van der Waals surface area contributed by atoms with Gasteiger partial charge in [-0.05, 0) is 42.8 Å². The molecule has 0 bridgehead atoms. The fourth-order valence-corrected chi connectivity index (χ4v) is 7.83. The molecule has 0 aliphatic rings. The Bertz CT molecular complexity index is 753. The smallest absolute Gasteiger partial charge is 0.220 e. The van der Waals surface area contributed by atoms with Crippen LogP contribution in [0.3, 0.4) is 0 Å². The van der Waals surface area contributed by atoms with Gasteiger partial charge in [-0.2, -0.15) is 0 Å². The second kappa shape index (κ2) is 10.2. The molecule has 0 atom stereocenters. The maximum atomic E-state index is 12.2. The van der Waals surface area contributed by atoms with Gasteiger partial charge in [0.15, 0.2) is 0 Å². The van der Waals surface area contributed by atoms with Crippen LogP contribution in [-0.4, -0.2) is 18.6 Å². The lowest BCUT2D eigenvalue weighted by Gasteiger charge is -2.27. The molecule has 0 spiro atoms. The van der Waals surface area contributed by atoms with Crippen molar-refractivity contribution in [1.82, 2.24) is 5.32 Å². The van der Waals surface area contributed by atoms with Crippen molar-refractivity contribution in [3.63, 3.8) is 0 Å². The van der Waals surface area contributed by atoms with Gasteiger partial charge in [0.25, 0.3) is 0 Å². The van der Waals surface area contributed by atoms with Crippen LogP contribution in [0, 0.1) is 0 Å². The number of amides is 1. The van der Waals surface area contributed by atoms with E-state index in [1.807, 2.05) is 0 Å². The van der Waals surface area contributed by atoms with E-state index in [0.717, 1.165) is 19.0 Å². The number of hydrogen-bond acceptors (Lipinski definition) is 1. The SMILES string of the molecule is CCCCC(=O)NCC[P+](c1ccccc1)(c1ccccc1)c1ccccc1. The van der Waals surface area contributed by atoms with E-state index in [1.54, 1.807) is 0 Å². The summed E-state index contributed by atoms with van der Waals surface area (Å²) in [6, 6.07) is 32.4. The molecule has 0 aliphatic carbocycles. The van der Waals surface area contributed by atoms with Gasteiger partial charge in [0.05, 0.1) is 12.7 Å². The lowest BCUT2D eigenvalue weighted by atomic mass is 10.2. The highest BCUT2D eigenvalue weighted by Gasteiger charge is 2.44. The summed E-state index contributed by atoms with van der Waals surface area (Å²) in [5.41, 5.74) is 0. The zero-order valence-electron chi connectivity index (χ0n) is 16.6. The molecular formula is C25H29NOP+. The Kier molecular flexibility index (Phi) is 7.39. The fourth-order valence-electron chi connectivity index (χ4n) is 3.67. The van der Waals surface area contributed by atoms with Gasteiger partial charge in [0.1, 0.15) is 23.2 Å². The van der Waals surface area contributed by atoms with Gasteiger partial charge in [-0.15, -0.1) is 0 Å². The van der Waals surface area contributed by atoms with Gasteiger partial charge in [0.2, 0.25) is 5.91 Å². The molecule has 1 amide bonds. The van der Waals surface area contributed by atoms with Crippen molar-refractivity contribution >= 4 is 29.1 Å². The van der Waals surface area contributed by atoms with Crippen LogP contribution >= 0.6 is 7.26 Å². The van der Waals surface area contributed by atoms with Crippen molar-refractivity contribution in [2.24, 2.45) is 0 Å². The largest absolute Gasteiger partial charge is 0.352 e. The van der Waals surface area contributed by atoms with Gasteiger partial charge in [-0.25, -0.2) is 0 Å². The minimum absolute atomic E-state index is 0.161. The van der Waals surface area contributed by atoms with Gasteiger partial charge >= 0.3 is 0 Å². The van der Waals surface area contributed by atoms with Crippen LogP contribution in [0.15, 0.2) is 91.0 Å². The second-order valence-corrected chi connectivity index (χ2v) is 10.6. The molecule has 1 N–H and O–H groups in total. The molecule has 3 aromatic rings. The second-order valence-electron chi connectivity index (χ2n) is 6.99. The molecule has 3 aromatic carbocycles. The third kappa shape index (κ3) is 4.69. The first-order chi connectivity index (χ1) is 13.8. The zero-order valence-corrected chi connectivity index (χ0v) is 17.4. The number of unbranched alkanes of at least 4 members (excludes halogenated alkanes) is 1. The molecule has 0 aliphatic heterocycles. The van der Waals surface area contributed by atoms with Gasteiger partial charge < -0.3 is 5.32 Å². The summed E-state index contributed by atoms with van der Waals surface area (Å²) in [5.74, 6) is 0.161. The summed E-state index contributed by atoms with van der Waals surface area (Å²) in [6.07, 6.45) is 3.53. The van der Waals surface area contributed by atoms with Crippen molar-refractivity contribution in [3.8, 4) is 0 Å². The van der Waals surface area contributed by atoms with Gasteiger partial charge in [-0.3, -0.25) is 4.79 Å². The minimum atomic E-state index is -1.85. The van der Waals surface area contributed by atoms with Gasteiger partial charge in [0, 0.05) is 6.42 Å². The standard InChI is InChI=1S/C25H28NOP/c1-2-3-19-25(27)26-20-21-28(22-13-7-4-8-14-22,23-15-9-5-10-16-23)24-17-11-6-12-18-24/h4-18H,2-3,19-21H2,1H3/p+1. The Balaban J connectivity index is 2.00. The van der Waals surface area contributed by atoms with E-state index in [9.17, 15) is 4.79 Å². The Labute approximate surface area is 169 Å². The Morgan fingerprint density at radius 3 is 1.57 bits per heavy atom. The summed E-state index contributed by atoms with van der Waals surface area (Å²) < 4.78 is 0. The first-order valence-electron chi connectivity index (χ1n) is 10.1. The Morgan fingerprint density at radius 1 is 0.750 bits per heavy atom.